The van der Waals surface area contributed by atoms with E-state index in [1.165, 1.54) is 29.5 Å². The van der Waals surface area contributed by atoms with Gasteiger partial charge in [0.15, 0.2) is 5.78 Å². The molecule has 0 unspecified atom stereocenters. The standard InChI is InChI=1S/C34H40N2O3/c37-33(8-4-7-26-15-19-35(20-16-26)25-28-9-11-30(12-10-28)34(38)39)32-14-13-29-17-21-36(22-18-31(29)23-32)24-27-5-2-1-3-6-27/h1-3,5-6,9-14,23,26H,4,7-8,15-22,24-25H2,(H,38,39). The van der Waals surface area contributed by atoms with Crippen LogP contribution >= 0.6 is 0 Å². The van der Waals surface area contributed by atoms with Crippen LogP contribution in [0.3, 0.4) is 0 Å². The lowest BCUT2D eigenvalue weighted by Gasteiger charge is -2.32. The fourth-order valence-corrected chi connectivity index (χ4v) is 6.08. The molecule has 204 valence electrons. The highest BCUT2D eigenvalue weighted by molar-refractivity contribution is 5.96. The van der Waals surface area contributed by atoms with E-state index in [1.54, 1.807) is 12.1 Å². The number of carboxylic acid groups (broad SMARTS) is 1. The highest BCUT2D eigenvalue weighted by Crippen LogP contribution is 2.25. The van der Waals surface area contributed by atoms with Gasteiger partial charge in [-0.15, -0.1) is 0 Å². The molecule has 0 saturated carbocycles. The highest BCUT2D eigenvalue weighted by Gasteiger charge is 2.20. The number of Topliss-reactive ketones (excluding diaryl/α,β-unsaturated/α-hetero) is 1. The van der Waals surface area contributed by atoms with Crippen molar-refractivity contribution in [2.24, 2.45) is 5.92 Å². The van der Waals surface area contributed by atoms with Gasteiger partial charge in [-0.2, -0.15) is 0 Å². The third-order valence-corrected chi connectivity index (χ3v) is 8.50. The van der Waals surface area contributed by atoms with E-state index >= 15 is 0 Å². The quantitative estimate of drug-likeness (QED) is 0.318. The Morgan fingerprint density at radius 2 is 1.33 bits per heavy atom. The van der Waals surface area contributed by atoms with Gasteiger partial charge in [0.25, 0.3) is 0 Å². The van der Waals surface area contributed by atoms with Gasteiger partial charge < -0.3 is 5.11 Å². The SMILES string of the molecule is O=C(O)c1ccc(CN2CCC(CCCC(=O)c3ccc4c(c3)CCN(Cc3ccccc3)CC4)CC2)cc1. The number of hydrogen-bond acceptors (Lipinski definition) is 4. The average Bonchev–Trinajstić information content (AvgIpc) is 3.16. The van der Waals surface area contributed by atoms with Gasteiger partial charge >= 0.3 is 5.97 Å². The highest BCUT2D eigenvalue weighted by atomic mass is 16.4. The van der Waals surface area contributed by atoms with Crippen LogP contribution in [0.2, 0.25) is 0 Å². The topological polar surface area (TPSA) is 60.9 Å². The van der Waals surface area contributed by atoms with Gasteiger partial charge in [-0.05, 0) is 98.0 Å². The molecule has 0 atom stereocenters. The van der Waals surface area contributed by atoms with Crippen molar-refractivity contribution in [1.29, 1.82) is 0 Å². The van der Waals surface area contributed by atoms with Gasteiger partial charge in [0, 0.05) is 38.2 Å². The summed E-state index contributed by atoms with van der Waals surface area (Å²) in [6, 6.07) is 24.3. The Morgan fingerprint density at radius 3 is 2.03 bits per heavy atom. The minimum atomic E-state index is -0.881. The van der Waals surface area contributed by atoms with Crippen LogP contribution in [0.5, 0.6) is 0 Å². The zero-order chi connectivity index (χ0) is 27.0. The number of likely N-dealkylation sites (tertiary alicyclic amines) is 1. The first-order chi connectivity index (χ1) is 19.0. The molecule has 1 N–H and O–H groups in total. The minimum Gasteiger partial charge on any atom is -0.478 e. The Labute approximate surface area is 232 Å². The summed E-state index contributed by atoms with van der Waals surface area (Å²) < 4.78 is 0. The van der Waals surface area contributed by atoms with E-state index in [2.05, 4.69) is 58.3 Å². The van der Waals surface area contributed by atoms with Crippen molar-refractivity contribution in [2.45, 2.75) is 58.0 Å². The molecule has 0 bridgehead atoms. The van der Waals surface area contributed by atoms with Gasteiger partial charge in [-0.3, -0.25) is 14.6 Å². The molecule has 2 aliphatic heterocycles. The van der Waals surface area contributed by atoms with Gasteiger partial charge in [0.1, 0.15) is 0 Å². The molecule has 1 saturated heterocycles. The molecule has 1 fully saturated rings. The van der Waals surface area contributed by atoms with Crippen molar-refractivity contribution in [3.8, 4) is 0 Å². The van der Waals surface area contributed by atoms with Crippen LogP contribution < -0.4 is 0 Å². The summed E-state index contributed by atoms with van der Waals surface area (Å²) in [5.41, 5.74) is 6.48. The zero-order valence-electron chi connectivity index (χ0n) is 22.9. The number of carbonyl (C=O) groups is 2. The molecule has 0 amide bonds. The summed E-state index contributed by atoms with van der Waals surface area (Å²) in [4.78, 5) is 29.1. The van der Waals surface area contributed by atoms with Gasteiger partial charge in [0.05, 0.1) is 5.56 Å². The molecule has 5 rings (SSSR count). The number of hydrogen-bond donors (Lipinski definition) is 1. The van der Waals surface area contributed by atoms with Gasteiger partial charge in [-0.1, -0.05) is 54.6 Å². The normalized spacial score (nSPS) is 16.9. The number of rotatable bonds is 10. The van der Waals surface area contributed by atoms with E-state index in [-0.39, 0.29) is 5.78 Å². The third kappa shape index (κ3) is 7.65. The predicted molar refractivity (Wildman–Crippen MR) is 155 cm³/mol. The molecular weight excluding hydrogens is 484 g/mol. The van der Waals surface area contributed by atoms with E-state index in [9.17, 15) is 9.59 Å². The van der Waals surface area contributed by atoms with Crippen LogP contribution in [-0.2, 0) is 25.9 Å². The van der Waals surface area contributed by atoms with Gasteiger partial charge in [0.2, 0.25) is 0 Å². The smallest absolute Gasteiger partial charge is 0.335 e. The van der Waals surface area contributed by atoms with Crippen molar-refractivity contribution < 1.29 is 14.7 Å². The number of fused-ring (bicyclic) bond motifs is 1. The minimum absolute atomic E-state index is 0.283. The molecular formula is C34H40N2O3. The largest absolute Gasteiger partial charge is 0.478 e. The van der Waals surface area contributed by atoms with Crippen LogP contribution in [0.15, 0.2) is 72.8 Å². The Kier molecular flexibility index (Phi) is 9.23. The van der Waals surface area contributed by atoms with Crippen LogP contribution in [0.4, 0.5) is 0 Å². The molecule has 0 spiro atoms. The molecule has 39 heavy (non-hydrogen) atoms. The maximum atomic E-state index is 13.0. The first kappa shape index (κ1) is 27.3. The van der Waals surface area contributed by atoms with Crippen molar-refractivity contribution in [2.75, 3.05) is 26.2 Å². The molecule has 3 aromatic carbocycles. The maximum Gasteiger partial charge on any atom is 0.335 e. The Hall–Kier alpha value is -3.28. The molecule has 2 aliphatic rings. The van der Waals surface area contributed by atoms with E-state index in [0.29, 0.717) is 17.9 Å². The van der Waals surface area contributed by atoms with Crippen LogP contribution in [0.1, 0.15) is 75.1 Å². The number of nitrogens with zero attached hydrogens (tertiary/aromatic N) is 2. The molecule has 0 aliphatic carbocycles. The molecule has 0 radical (unpaired) electrons. The first-order valence-electron chi connectivity index (χ1n) is 14.5. The Bertz CT molecular complexity index is 1250. The summed E-state index contributed by atoms with van der Waals surface area (Å²) in [6.07, 6.45) is 7.09. The summed E-state index contributed by atoms with van der Waals surface area (Å²) in [5, 5.41) is 9.07. The second-order valence-corrected chi connectivity index (χ2v) is 11.3. The second kappa shape index (κ2) is 13.2. The lowest BCUT2D eigenvalue weighted by Crippen LogP contribution is -2.33. The number of carbonyl (C=O) groups excluding carboxylic acids is 1. The molecule has 2 heterocycles. The summed E-state index contributed by atoms with van der Waals surface area (Å²) in [7, 11) is 0. The van der Waals surface area contributed by atoms with E-state index in [4.69, 9.17) is 5.11 Å². The van der Waals surface area contributed by atoms with Crippen LogP contribution in [0, 0.1) is 5.92 Å². The Morgan fingerprint density at radius 1 is 0.718 bits per heavy atom. The van der Waals surface area contributed by atoms with E-state index in [1.807, 2.05) is 12.1 Å². The number of benzene rings is 3. The zero-order valence-corrected chi connectivity index (χ0v) is 22.9. The van der Waals surface area contributed by atoms with E-state index in [0.717, 1.165) is 76.1 Å². The summed E-state index contributed by atoms with van der Waals surface area (Å²) in [6.45, 7) is 6.07. The third-order valence-electron chi connectivity index (χ3n) is 8.50. The fourth-order valence-electron chi connectivity index (χ4n) is 6.08. The van der Waals surface area contributed by atoms with Crippen molar-refractivity contribution in [1.82, 2.24) is 9.80 Å². The van der Waals surface area contributed by atoms with Crippen molar-refractivity contribution >= 4 is 11.8 Å². The molecule has 0 aromatic heterocycles. The van der Waals surface area contributed by atoms with Gasteiger partial charge in [-0.25, -0.2) is 4.79 Å². The number of ketones is 1. The summed E-state index contributed by atoms with van der Waals surface area (Å²) in [5.74, 6) is 0.0882. The number of carboxylic acids is 1. The van der Waals surface area contributed by atoms with E-state index < -0.39 is 5.97 Å². The molecule has 3 aromatic rings. The van der Waals surface area contributed by atoms with Crippen molar-refractivity contribution in [3.05, 3.63) is 106 Å². The fraction of sp³-hybridized carbons (Fsp3) is 0.412. The monoisotopic (exact) mass is 524 g/mol. The summed E-state index contributed by atoms with van der Waals surface area (Å²) >= 11 is 0. The lowest BCUT2D eigenvalue weighted by atomic mass is 9.90. The molecule has 5 heteroatoms. The second-order valence-electron chi connectivity index (χ2n) is 11.3. The Balaban J connectivity index is 1.03. The maximum absolute atomic E-state index is 13.0. The van der Waals surface area contributed by atoms with Crippen LogP contribution in [0.25, 0.3) is 0 Å². The molecule has 5 nitrogen and oxygen atoms in total. The predicted octanol–water partition coefficient (Wildman–Crippen LogP) is 6.25. The van der Waals surface area contributed by atoms with Crippen LogP contribution in [-0.4, -0.2) is 52.8 Å². The average molecular weight is 525 g/mol. The lowest BCUT2D eigenvalue weighted by molar-refractivity contribution is 0.0696. The number of aromatic carboxylic acids is 1. The van der Waals surface area contributed by atoms with Crippen molar-refractivity contribution in [3.63, 3.8) is 0 Å². The first-order valence-corrected chi connectivity index (χ1v) is 14.5. The number of piperidine rings is 1.